The summed E-state index contributed by atoms with van der Waals surface area (Å²) in [5, 5.41) is 2.87. The molecule has 0 atom stereocenters. The summed E-state index contributed by atoms with van der Waals surface area (Å²) in [6, 6.07) is 5.84. The third-order valence-electron chi connectivity index (χ3n) is 3.15. The highest BCUT2D eigenvalue weighted by atomic mass is 16.7. The molecule has 1 aromatic carbocycles. The molecule has 0 bridgehead atoms. The van der Waals surface area contributed by atoms with E-state index in [1.54, 1.807) is 7.11 Å². The van der Waals surface area contributed by atoms with E-state index in [-0.39, 0.29) is 12.7 Å². The highest BCUT2D eigenvalue weighted by Crippen LogP contribution is 2.32. The summed E-state index contributed by atoms with van der Waals surface area (Å²) in [5.74, 6) is 1.57. The zero-order valence-electron chi connectivity index (χ0n) is 12.6. The summed E-state index contributed by atoms with van der Waals surface area (Å²) < 4.78 is 15.6. The van der Waals surface area contributed by atoms with Gasteiger partial charge in [-0.25, -0.2) is 0 Å². The number of rotatable bonds is 8. The highest BCUT2D eigenvalue weighted by Gasteiger charge is 2.14. The molecule has 2 rings (SSSR count). The summed E-state index contributed by atoms with van der Waals surface area (Å²) in [4.78, 5) is 13.7. The van der Waals surface area contributed by atoms with Crippen molar-refractivity contribution in [1.29, 1.82) is 0 Å². The van der Waals surface area contributed by atoms with Crippen molar-refractivity contribution in [3.63, 3.8) is 0 Å². The number of fused-ring (bicyclic) bond motifs is 1. The Hall–Kier alpha value is -1.79. The normalized spacial score (nSPS) is 12.7. The zero-order valence-corrected chi connectivity index (χ0v) is 12.6. The third-order valence-corrected chi connectivity index (χ3v) is 3.15. The van der Waals surface area contributed by atoms with Gasteiger partial charge < -0.3 is 19.5 Å². The van der Waals surface area contributed by atoms with Crippen LogP contribution in [0.15, 0.2) is 18.2 Å². The number of amides is 1. The summed E-state index contributed by atoms with van der Waals surface area (Å²) in [6.45, 7) is 2.62. The van der Waals surface area contributed by atoms with Gasteiger partial charge in [-0.05, 0) is 31.2 Å². The number of likely N-dealkylation sites (N-methyl/N-ethyl adjacent to an activating group) is 1. The predicted octanol–water partition coefficient (Wildman–Crippen LogP) is 1.000. The molecule has 1 heterocycles. The lowest BCUT2D eigenvalue weighted by molar-refractivity contribution is -0.122. The monoisotopic (exact) mass is 294 g/mol. The first-order valence-electron chi connectivity index (χ1n) is 7.02. The second kappa shape index (κ2) is 7.85. The number of hydrogen-bond acceptors (Lipinski definition) is 5. The predicted molar refractivity (Wildman–Crippen MR) is 78.4 cm³/mol. The zero-order chi connectivity index (χ0) is 15.1. The molecule has 1 aliphatic heterocycles. The molecule has 1 aromatic rings. The van der Waals surface area contributed by atoms with Gasteiger partial charge in [0.1, 0.15) is 0 Å². The van der Waals surface area contributed by atoms with Gasteiger partial charge in [0, 0.05) is 26.8 Å². The highest BCUT2D eigenvalue weighted by molar-refractivity contribution is 5.77. The molecule has 6 nitrogen and oxygen atoms in total. The Balaban J connectivity index is 1.73. The van der Waals surface area contributed by atoms with Crippen LogP contribution in [-0.4, -0.2) is 51.5 Å². The quantitative estimate of drug-likeness (QED) is 0.725. The first-order valence-corrected chi connectivity index (χ1v) is 7.02. The van der Waals surface area contributed by atoms with E-state index in [0.717, 1.165) is 23.5 Å². The SMILES string of the molecule is COCCCNC(=O)CN(C)Cc1ccc2c(c1)OCO2. The Morgan fingerprint density at radius 3 is 3.00 bits per heavy atom. The van der Waals surface area contributed by atoms with Crippen molar-refractivity contribution in [2.24, 2.45) is 0 Å². The number of benzene rings is 1. The molecule has 6 heteroatoms. The summed E-state index contributed by atoms with van der Waals surface area (Å²) in [6.07, 6.45) is 0.827. The molecule has 1 amide bonds. The molecule has 0 spiro atoms. The van der Waals surface area contributed by atoms with Gasteiger partial charge in [0.05, 0.1) is 6.54 Å². The van der Waals surface area contributed by atoms with Crippen LogP contribution in [0.5, 0.6) is 11.5 Å². The van der Waals surface area contributed by atoms with Gasteiger partial charge in [-0.15, -0.1) is 0 Å². The van der Waals surface area contributed by atoms with E-state index in [0.29, 0.717) is 26.2 Å². The largest absolute Gasteiger partial charge is 0.454 e. The molecular formula is C15H22N2O4. The lowest BCUT2D eigenvalue weighted by Crippen LogP contribution is -2.35. The molecule has 1 aliphatic rings. The Kier molecular flexibility index (Phi) is 5.83. The van der Waals surface area contributed by atoms with Crippen LogP contribution in [0.25, 0.3) is 0 Å². The van der Waals surface area contributed by atoms with E-state index >= 15 is 0 Å². The summed E-state index contributed by atoms with van der Waals surface area (Å²) in [7, 11) is 3.57. The first-order chi connectivity index (χ1) is 10.2. The molecule has 0 aromatic heterocycles. The fourth-order valence-electron chi connectivity index (χ4n) is 2.15. The maximum absolute atomic E-state index is 11.8. The minimum Gasteiger partial charge on any atom is -0.454 e. The van der Waals surface area contributed by atoms with Gasteiger partial charge in [0.15, 0.2) is 11.5 Å². The number of methoxy groups -OCH3 is 1. The van der Waals surface area contributed by atoms with Crippen molar-refractivity contribution in [3.05, 3.63) is 23.8 Å². The van der Waals surface area contributed by atoms with E-state index in [4.69, 9.17) is 14.2 Å². The number of nitrogens with zero attached hydrogens (tertiary/aromatic N) is 1. The molecule has 0 unspecified atom stereocenters. The van der Waals surface area contributed by atoms with Crippen LogP contribution in [-0.2, 0) is 16.1 Å². The minimum absolute atomic E-state index is 0.0225. The summed E-state index contributed by atoms with van der Waals surface area (Å²) in [5.41, 5.74) is 1.09. The molecule has 0 radical (unpaired) electrons. The molecule has 116 valence electrons. The van der Waals surface area contributed by atoms with E-state index < -0.39 is 0 Å². The molecule has 21 heavy (non-hydrogen) atoms. The molecule has 1 N–H and O–H groups in total. The van der Waals surface area contributed by atoms with Crippen molar-refractivity contribution in [2.75, 3.05) is 40.6 Å². The van der Waals surface area contributed by atoms with Gasteiger partial charge in [-0.3, -0.25) is 9.69 Å². The number of nitrogens with one attached hydrogen (secondary N) is 1. The van der Waals surface area contributed by atoms with Crippen LogP contribution in [0.4, 0.5) is 0 Å². The van der Waals surface area contributed by atoms with Crippen LogP contribution in [0.1, 0.15) is 12.0 Å². The van der Waals surface area contributed by atoms with Gasteiger partial charge >= 0.3 is 0 Å². The third kappa shape index (κ3) is 4.91. The molecular weight excluding hydrogens is 272 g/mol. The van der Waals surface area contributed by atoms with Gasteiger partial charge in [0.2, 0.25) is 12.7 Å². The second-order valence-electron chi connectivity index (χ2n) is 5.06. The Labute approximate surface area is 125 Å². The van der Waals surface area contributed by atoms with E-state index in [9.17, 15) is 4.79 Å². The Morgan fingerprint density at radius 2 is 2.19 bits per heavy atom. The van der Waals surface area contributed by atoms with Crippen molar-refractivity contribution < 1.29 is 19.0 Å². The smallest absolute Gasteiger partial charge is 0.234 e. The fraction of sp³-hybridized carbons (Fsp3) is 0.533. The maximum Gasteiger partial charge on any atom is 0.234 e. The van der Waals surface area contributed by atoms with E-state index in [1.807, 2.05) is 30.1 Å². The number of ether oxygens (including phenoxy) is 3. The van der Waals surface area contributed by atoms with Crippen LogP contribution < -0.4 is 14.8 Å². The molecule has 0 aliphatic carbocycles. The van der Waals surface area contributed by atoms with E-state index in [2.05, 4.69) is 5.32 Å². The lowest BCUT2D eigenvalue weighted by Gasteiger charge is -2.16. The van der Waals surface area contributed by atoms with E-state index in [1.165, 1.54) is 0 Å². The maximum atomic E-state index is 11.8. The van der Waals surface area contributed by atoms with Gasteiger partial charge in [-0.1, -0.05) is 6.07 Å². The number of hydrogen-bond donors (Lipinski definition) is 1. The fourth-order valence-corrected chi connectivity index (χ4v) is 2.15. The number of carbonyl (C=O) groups excluding carboxylic acids is 1. The molecule has 0 saturated heterocycles. The molecule has 0 saturated carbocycles. The first kappa shape index (κ1) is 15.6. The Morgan fingerprint density at radius 1 is 1.38 bits per heavy atom. The van der Waals surface area contributed by atoms with Crippen molar-refractivity contribution >= 4 is 5.91 Å². The topological polar surface area (TPSA) is 60.0 Å². The van der Waals surface area contributed by atoms with Crippen LogP contribution >= 0.6 is 0 Å². The second-order valence-corrected chi connectivity index (χ2v) is 5.06. The van der Waals surface area contributed by atoms with Crippen molar-refractivity contribution in [3.8, 4) is 11.5 Å². The molecule has 0 fully saturated rings. The summed E-state index contributed by atoms with van der Waals surface area (Å²) >= 11 is 0. The van der Waals surface area contributed by atoms with Crippen LogP contribution in [0, 0.1) is 0 Å². The van der Waals surface area contributed by atoms with Crippen LogP contribution in [0.2, 0.25) is 0 Å². The van der Waals surface area contributed by atoms with Crippen molar-refractivity contribution in [1.82, 2.24) is 10.2 Å². The van der Waals surface area contributed by atoms with Crippen LogP contribution in [0.3, 0.4) is 0 Å². The minimum atomic E-state index is 0.0225. The van der Waals surface area contributed by atoms with Gasteiger partial charge in [0.25, 0.3) is 0 Å². The standard InChI is InChI=1S/C15H22N2O4/c1-17(10-15(18)16-6-3-7-19-2)9-12-4-5-13-14(8-12)21-11-20-13/h4-5,8H,3,6-7,9-11H2,1-2H3,(H,16,18). The van der Waals surface area contributed by atoms with Gasteiger partial charge in [-0.2, -0.15) is 0 Å². The lowest BCUT2D eigenvalue weighted by atomic mass is 10.2. The Bertz CT molecular complexity index is 479. The average Bonchev–Trinajstić information content (AvgIpc) is 2.91. The number of carbonyl (C=O) groups is 1. The van der Waals surface area contributed by atoms with Crippen molar-refractivity contribution in [2.45, 2.75) is 13.0 Å². The average molecular weight is 294 g/mol.